The summed E-state index contributed by atoms with van der Waals surface area (Å²) in [6, 6.07) is 11.3. The van der Waals surface area contributed by atoms with Gasteiger partial charge < -0.3 is 15.4 Å². The lowest BCUT2D eigenvalue weighted by molar-refractivity contribution is -0.132. The predicted molar refractivity (Wildman–Crippen MR) is 73.1 cm³/mol. The number of rotatable bonds is 2. The first-order chi connectivity index (χ1) is 9.18. The number of carbonyl (C=O) groups is 1. The van der Waals surface area contributed by atoms with Crippen molar-refractivity contribution >= 4 is 17.2 Å². The van der Waals surface area contributed by atoms with Crippen molar-refractivity contribution in [3.63, 3.8) is 0 Å². The largest absolute Gasteiger partial charge is 0.477 e. The molecule has 1 aliphatic rings. The number of hydrogen-bond donors (Lipinski definition) is 3. The summed E-state index contributed by atoms with van der Waals surface area (Å²) in [4.78, 5) is 14.5. The Kier molecular flexibility index (Phi) is 2.49. The van der Waals surface area contributed by atoms with Crippen LogP contribution < -0.4 is 5.32 Å². The van der Waals surface area contributed by atoms with Crippen LogP contribution in [0.5, 0.6) is 0 Å². The predicted octanol–water partition coefficient (Wildman–Crippen LogP) is 2.43. The van der Waals surface area contributed by atoms with Gasteiger partial charge in [0.1, 0.15) is 5.70 Å². The van der Waals surface area contributed by atoms with Gasteiger partial charge in [0.05, 0.1) is 0 Å². The van der Waals surface area contributed by atoms with Crippen molar-refractivity contribution < 1.29 is 9.90 Å². The van der Waals surface area contributed by atoms with E-state index >= 15 is 0 Å². The number of aromatic amines is 1. The smallest absolute Gasteiger partial charge is 0.353 e. The Morgan fingerprint density at radius 2 is 1.84 bits per heavy atom. The summed E-state index contributed by atoms with van der Waals surface area (Å²) < 4.78 is 0. The van der Waals surface area contributed by atoms with Crippen LogP contribution in [0, 0.1) is 0 Å². The van der Waals surface area contributed by atoms with E-state index in [4.69, 9.17) is 0 Å². The molecule has 0 amide bonds. The Hall–Kier alpha value is -2.75. The van der Waals surface area contributed by atoms with Crippen molar-refractivity contribution in [1.82, 2.24) is 10.3 Å². The van der Waals surface area contributed by atoms with Gasteiger partial charge in [0.25, 0.3) is 0 Å². The van der Waals surface area contributed by atoms with E-state index in [0.29, 0.717) is 11.3 Å². The second-order valence-corrected chi connectivity index (χ2v) is 4.29. The molecule has 19 heavy (non-hydrogen) atoms. The van der Waals surface area contributed by atoms with Crippen LogP contribution >= 0.6 is 0 Å². The van der Waals surface area contributed by atoms with Crippen LogP contribution in [0.3, 0.4) is 0 Å². The van der Waals surface area contributed by atoms with E-state index in [1.807, 2.05) is 36.4 Å². The highest BCUT2D eigenvalue weighted by atomic mass is 16.4. The molecular weight excluding hydrogens is 240 g/mol. The Labute approximate surface area is 110 Å². The standard InChI is InChI=1S/C15H12N2O2/c1-9-10-5-2-3-6-11(10)13(12-7-4-8-16-12)14(17-9)15(18)19/h2-8,16-17H,1H2,(H,18,19). The Morgan fingerprint density at radius 1 is 1.11 bits per heavy atom. The molecule has 3 N–H and O–H groups in total. The van der Waals surface area contributed by atoms with Crippen LogP contribution in [0.2, 0.25) is 0 Å². The van der Waals surface area contributed by atoms with E-state index in [1.165, 1.54) is 0 Å². The van der Waals surface area contributed by atoms with Crippen LogP contribution in [0.4, 0.5) is 0 Å². The molecule has 3 rings (SSSR count). The third-order valence-electron chi connectivity index (χ3n) is 3.13. The average Bonchev–Trinajstić information content (AvgIpc) is 2.92. The fraction of sp³-hybridized carbons (Fsp3) is 0. The fourth-order valence-corrected chi connectivity index (χ4v) is 2.31. The lowest BCUT2D eigenvalue weighted by Crippen LogP contribution is -2.25. The third-order valence-corrected chi connectivity index (χ3v) is 3.13. The number of aromatic nitrogens is 1. The van der Waals surface area contributed by atoms with Crippen LogP contribution in [0.25, 0.3) is 11.3 Å². The van der Waals surface area contributed by atoms with Gasteiger partial charge in [-0.3, -0.25) is 0 Å². The van der Waals surface area contributed by atoms with E-state index < -0.39 is 5.97 Å². The van der Waals surface area contributed by atoms with Crippen molar-refractivity contribution in [2.45, 2.75) is 0 Å². The molecule has 4 heteroatoms. The summed E-state index contributed by atoms with van der Waals surface area (Å²) in [7, 11) is 0. The van der Waals surface area contributed by atoms with Crippen molar-refractivity contribution in [2.24, 2.45) is 0 Å². The number of carboxylic acid groups (broad SMARTS) is 1. The van der Waals surface area contributed by atoms with Crippen LogP contribution in [-0.2, 0) is 4.79 Å². The van der Waals surface area contributed by atoms with Gasteiger partial charge in [-0.1, -0.05) is 30.8 Å². The summed E-state index contributed by atoms with van der Waals surface area (Å²) in [5.41, 5.74) is 3.95. The Bertz CT molecular complexity index is 697. The molecule has 0 aliphatic carbocycles. The topological polar surface area (TPSA) is 65.1 Å². The minimum Gasteiger partial charge on any atom is -0.477 e. The second kappa shape index (κ2) is 4.17. The maximum absolute atomic E-state index is 11.4. The van der Waals surface area contributed by atoms with Crippen molar-refractivity contribution in [2.75, 3.05) is 0 Å². The van der Waals surface area contributed by atoms with Gasteiger partial charge in [-0.15, -0.1) is 0 Å². The normalized spacial score (nSPS) is 14.0. The number of nitrogens with one attached hydrogen (secondary N) is 2. The summed E-state index contributed by atoms with van der Waals surface area (Å²) in [5, 5.41) is 12.3. The Morgan fingerprint density at radius 3 is 2.47 bits per heavy atom. The Balaban J connectivity index is 2.33. The zero-order chi connectivity index (χ0) is 13.4. The lowest BCUT2D eigenvalue weighted by Gasteiger charge is -2.24. The van der Waals surface area contributed by atoms with Gasteiger partial charge >= 0.3 is 5.97 Å². The molecule has 2 heterocycles. The lowest BCUT2D eigenvalue weighted by atomic mass is 9.91. The maximum Gasteiger partial charge on any atom is 0.353 e. The molecule has 0 bridgehead atoms. The van der Waals surface area contributed by atoms with E-state index in [2.05, 4.69) is 16.9 Å². The van der Waals surface area contributed by atoms with Gasteiger partial charge in [-0.2, -0.15) is 0 Å². The number of fused-ring (bicyclic) bond motifs is 1. The number of carboxylic acids is 1. The summed E-state index contributed by atoms with van der Waals surface area (Å²) >= 11 is 0. The quantitative estimate of drug-likeness (QED) is 0.769. The molecule has 0 saturated heterocycles. The van der Waals surface area contributed by atoms with E-state index in [9.17, 15) is 9.90 Å². The van der Waals surface area contributed by atoms with Crippen LogP contribution in [0.15, 0.2) is 54.9 Å². The number of H-pyrrole nitrogens is 1. The van der Waals surface area contributed by atoms with Crippen molar-refractivity contribution in [1.29, 1.82) is 0 Å². The summed E-state index contributed by atoms with van der Waals surface area (Å²) in [6.45, 7) is 3.89. The molecule has 1 aliphatic heterocycles. The molecule has 0 fully saturated rings. The van der Waals surface area contributed by atoms with Gasteiger partial charge in [0.2, 0.25) is 0 Å². The zero-order valence-corrected chi connectivity index (χ0v) is 10.1. The molecule has 1 aromatic carbocycles. The van der Waals surface area contributed by atoms with E-state index in [-0.39, 0.29) is 5.70 Å². The zero-order valence-electron chi connectivity index (χ0n) is 10.1. The molecule has 0 saturated carbocycles. The van der Waals surface area contributed by atoms with Crippen molar-refractivity contribution in [3.05, 3.63) is 71.7 Å². The molecule has 1 aromatic heterocycles. The minimum atomic E-state index is -1.000. The van der Waals surface area contributed by atoms with Gasteiger partial charge in [0.15, 0.2) is 0 Å². The third kappa shape index (κ3) is 1.74. The van der Waals surface area contributed by atoms with E-state index in [0.717, 1.165) is 16.8 Å². The van der Waals surface area contributed by atoms with Crippen LogP contribution in [-0.4, -0.2) is 16.1 Å². The maximum atomic E-state index is 11.4. The molecule has 0 spiro atoms. The highest BCUT2D eigenvalue weighted by Gasteiger charge is 2.26. The second-order valence-electron chi connectivity index (χ2n) is 4.29. The monoisotopic (exact) mass is 252 g/mol. The van der Waals surface area contributed by atoms with Crippen molar-refractivity contribution in [3.8, 4) is 0 Å². The van der Waals surface area contributed by atoms with Gasteiger partial charge in [0, 0.05) is 28.7 Å². The fourth-order valence-electron chi connectivity index (χ4n) is 2.31. The summed E-state index contributed by atoms with van der Waals surface area (Å²) in [5.74, 6) is -1.000. The molecule has 94 valence electrons. The number of aliphatic carboxylic acids is 1. The first-order valence-electron chi connectivity index (χ1n) is 5.85. The van der Waals surface area contributed by atoms with Gasteiger partial charge in [-0.05, 0) is 17.7 Å². The highest BCUT2D eigenvalue weighted by molar-refractivity contribution is 6.05. The van der Waals surface area contributed by atoms with Gasteiger partial charge in [-0.25, -0.2) is 4.79 Å². The number of hydrogen-bond acceptors (Lipinski definition) is 2. The average molecular weight is 252 g/mol. The highest BCUT2D eigenvalue weighted by Crippen LogP contribution is 2.34. The molecule has 0 unspecified atom stereocenters. The first-order valence-corrected chi connectivity index (χ1v) is 5.85. The molecular formula is C15H12N2O2. The first kappa shape index (κ1) is 11.3. The molecule has 2 aromatic rings. The molecule has 0 atom stereocenters. The molecule has 0 radical (unpaired) electrons. The SMILES string of the molecule is C=C1NC(C(=O)O)=C(c2ccc[nH]2)c2ccccc21. The summed E-state index contributed by atoms with van der Waals surface area (Å²) in [6.07, 6.45) is 1.77. The van der Waals surface area contributed by atoms with Crippen LogP contribution in [0.1, 0.15) is 16.8 Å². The van der Waals surface area contributed by atoms with E-state index in [1.54, 1.807) is 6.20 Å². The number of benzene rings is 1. The minimum absolute atomic E-state index is 0.145. The molecule has 4 nitrogen and oxygen atoms in total.